The van der Waals surface area contributed by atoms with E-state index in [1.807, 2.05) is 36.4 Å². The lowest BCUT2D eigenvalue weighted by molar-refractivity contribution is 0.0696. The lowest BCUT2D eigenvalue weighted by atomic mass is 9.99. The minimum atomic E-state index is -1.13. The van der Waals surface area contributed by atoms with Crippen LogP contribution in [0.3, 0.4) is 0 Å². The number of carboxylic acid groups (broad SMARTS) is 1. The maximum atomic E-state index is 11.6. The fraction of sp³-hybridized carbons (Fsp3) is 0. The standard InChI is InChI=1S/C17H11NO3/c19-16-13-11-7-3-4-8-12(11)18-15(13)10-6-2-1-5-9(10)14(16)17(20)21/h1-8,18-19H,(H,20,21). The molecule has 0 spiro atoms. The van der Waals surface area contributed by atoms with Gasteiger partial charge < -0.3 is 15.2 Å². The van der Waals surface area contributed by atoms with E-state index in [-0.39, 0.29) is 11.3 Å². The van der Waals surface area contributed by atoms with Crippen molar-refractivity contribution in [2.24, 2.45) is 0 Å². The molecule has 102 valence electrons. The third-order valence-electron chi connectivity index (χ3n) is 3.86. The third-order valence-corrected chi connectivity index (χ3v) is 3.86. The van der Waals surface area contributed by atoms with Crippen LogP contribution in [0.15, 0.2) is 48.5 Å². The van der Waals surface area contributed by atoms with Crippen molar-refractivity contribution >= 4 is 38.5 Å². The summed E-state index contributed by atoms with van der Waals surface area (Å²) in [5, 5.41) is 22.7. The molecule has 0 amide bonds. The summed E-state index contributed by atoms with van der Waals surface area (Å²) in [7, 11) is 0. The number of hydrogen-bond donors (Lipinski definition) is 3. The van der Waals surface area contributed by atoms with Crippen LogP contribution in [0, 0.1) is 0 Å². The molecule has 0 radical (unpaired) electrons. The topological polar surface area (TPSA) is 73.3 Å². The van der Waals surface area contributed by atoms with E-state index < -0.39 is 5.97 Å². The average molecular weight is 277 g/mol. The summed E-state index contributed by atoms with van der Waals surface area (Å²) in [5.74, 6) is -1.32. The molecule has 1 heterocycles. The highest BCUT2D eigenvalue weighted by molar-refractivity contribution is 6.24. The largest absolute Gasteiger partial charge is 0.506 e. The van der Waals surface area contributed by atoms with Gasteiger partial charge in [-0.05, 0) is 6.07 Å². The van der Waals surface area contributed by atoms with Crippen molar-refractivity contribution < 1.29 is 15.0 Å². The molecule has 0 fully saturated rings. The number of benzene rings is 3. The van der Waals surface area contributed by atoms with Crippen molar-refractivity contribution in [2.75, 3.05) is 0 Å². The second-order valence-electron chi connectivity index (χ2n) is 4.99. The first-order valence-corrected chi connectivity index (χ1v) is 6.56. The van der Waals surface area contributed by atoms with Crippen LogP contribution < -0.4 is 0 Å². The molecule has 4 nitrogen and oxygen atoms in total. The Morgan fingerprint density at radius 1 is 0.905 bits per heavy atom. The molecule has 0 saturated heterocycles. The van der Waals surface area contributed by atoms with Crippen molar-refractivity contribution in [3.63, 3.8) is 0 Å². The maximum Gasteiger partial charge on any atom is 0.340 e. The SMILES string of the molecule is O=C(O)c1c(O)c2c3ccccc3[nH]c2c2ccccc12. The number of carbonyl (C=O) groups is 1. The van der Waals surface area contributed by atoms with E-state index in [2.05, 4.69) is 4.98 Å². The summed E-state index contributed by atoms with van der Waals surface area (Å²) in [6, 6.07) is 14.7. The minimum absolute atomic E-state index is 0.0529. The van der Waals surface area contributed by atoms with Crippen molar-refractivity contribution in [1.82, 2.24) is 4.98 Å². The van der Waals surface area contributed by atoms with E-state index in [1.165, 1.54) is 0 Å². The number of aromatic nitrogens is 1. The zero-order valence-corrected chi connectivity index (χ0v) is 10.9. The molecule has 3 aromatic carbocycles. The Morgan fingerprint density at radius 2 is 1.52 bits per heavy atom. The predicted octanol–water partition coefficient (Wildman–Crippen LogP) is 3.88. The maximum absolute atomic E-state index is 11.6. The Bertz CT molecular complexity index is 1030. The van der Waals surface area contributed by atoms with Crippen LogP contribution in [0.25, 0.3) is 32.6 Å². The number of carboxylic acids is 1. The monoisotopic (exact) mass is 277 g/mol. The number of H-pyrrole nitrogens is 1. The van der Waals surface area contributed by atoms with Gasteiger partial charge in [-0.15, -0.1) is 0 Å². The third kappa shape index (κ3) is 1.47. The number of phenols is 1. The summed E-state index contributed by atoms with van der Waals surface area (Å²) < 4.78 is 0. The number of rotatable bonds is 1. The zero-order valence-electron chi connectivity index (χ0n) is 10.9. The molecular weight excluding hydrogens is 266 g/mol. The first-order valence-electron chi connectivity index (χ1n) is 6.56. The molecule has 0 aliphatic heterocycles. The minimum Gasteiger partial charge on any atom is -0.506 e. The molecule has 0 bridgehead atoms. The molecule has 0 unspecified atom stereocenters. The first kappa shape index (κ1) is 11.8. The molecular formula is C17H11NO3. The lowest BCUT2D eigenvalue weighted by Gasteiger charge is -2.08. The Kier molecular flexibility index (Phi) is 2.24. The highest BCUT2D eigenvalue weighted by atomic mass is 16.4. The summed E-state index contributed by atoms with van der Waals surface area (Å²) in [6.45, 7) is 0. The molecule has 3 N–H and O–H groups in total. The molecule has 21 heavy (non-hydrogen) atoms. The summed E-state index contributed by atoms with van der Waals surface area (Å²) in [4.78, 5) is 14.8. The van der Waals surface area contributed by atoms with Gasteiger partial charge in [-0.3, -0.25) is 0 Å². The fourth-order valence-electron chi connectivity index (χ4n) is 2.98. The van der Waals surface area contributed by atoms with Crippen molar-refractivity contribution in [2.45, 2.75) is 0 Å². The van der Waals surface area contributed by atoms with Gasteiger partial charge in [0.1, 0.15) is 11.3 Å². The van der Waals surface area contributed by atoms with Gasteiger partial charge in [0, 0.05) is 21.7 Å². The summed E-state index contributed by atoms with van der Waals surface area (Å²) in [5.41, 5.74) is 1.58. The van der Waals surface area contributed by atoms with Crippen molar-refractivity contribution in [3.8, 4) is 5.75 Å². The number of fused-ring (bicyclic) bond motifs is 5. The van der Waals surface area contributed by atoms with E-state index in [0.29, 0.717) is 10.8 Å². The van der Waals surface area contributed by atoms with E-state index in [9.17, 15) is 15.0 Å². The highest BCUT2D eigenvalue weighted by Gasteiger charge is 2.21. The van der Waals surface area contributed by atoms with Crippen LogP contribution in [-0.2, 0) is 0 Å². The quantitative estimate of drug-likeness (QED) is 0.494. The molecule has 1 aromatic heterocycles. The van der Waals surface area contributed by atoms with Crippen LogP contribution in [0.2, 0.25) is 0 Å². The molecule has 4 heteroatoms. The van der Waals surface area contributed by atoms with Crippen LogP contribution in [-0.4, -0.2) is 21.2 Å². The molecule has 0 aliphatic rings. The van der Waals surface area contributed by atoms with E-state index >= 15 is 0 Å². The van der Waals surface area contributed by atoms with Gasteiger partial charge in [0.05, 0.1) is 10.9 Å². The number of hydrogen-bond acceptors (Lipinski definition) is 2. The molecule has 0 aliphatic carbocycles. The number of para-hydroxylation sites is 1. The highest BCUT2D eigenvalue weighted by Crippen LogP contribution is 2.40. The zero-order chi connectivity index (χ0) is 14.6. The fourth-order valence-corrected chi connectivity index (χ4v) is 2.98. The number of aromatic hydroxyl groups is 1. The van der Waals surface area contributed by atoms with Crippen LogP contribution in [0.4, 0.5) is 0 Å². The Balaban J connectivity index is 2.39. The predicted molar refractivity (Wildman–Crippen MR) is 81.9 cm³/mol. The molecule has 0 atom stereocenters. The Labute approximate surface area is 119 Å². The number of aromatic carboxylic acids is 1. The van der Waals surface area contributed by atoms with E-state index in [1.54, 1.807) is 12.1 Å². The second-order valence-corrected chi connectivity index (χ2v) is 4.99. The summed E-state index contributed by atoms with van der Waals surface area (Å²) in [6.07, 6.45) is 0. The van der Waals surface area contributed by atoms with Gasteiger partial charge in [-0.25, -0.2) is 4.79 Å². The van der Waals surface area contributed by atoms with Gasteiger partial charge in [0.15, 0.2) is 0 Å². The van der Waals surface area contributed by atoms with Crippen molar-refractivity contribution in [1.29, 1.82) is 0 Å². The van der Waals surface area contributed by atoms with Crippen molar-refractivity contribution in [3.05, 3.63) is 54.1 Å². The van der Waals surface area contributed by atoms with E-state index in [0.717, 1.165) is 21.8 Å². The Morgan fingerprint density at radius 3 is 2.24 bits per heavy atom. The van der Waals surface area contributed by atoms with Gasteiger partial charge in [0.2, 0.25) is 0 Å². The van der Waals surface area contributed by atoms with Crippen LogP contribution >= 0.6 is 0 Å². The summed E-state index contributed by atoms with van der Waals surface area (Å²) >= 11 is 0. The van der Waals surface area contributed by atoms with Gasteiger partial charge >= 0.3 is 5.97 Å². The van der Waals surface area contributed by atoms with Crippen LogP contribution in [0.5, 0.6) is 5.75 Å². The molecule has 4 rings (SSSR count). The molecule has 0 saturated carbocycles. The second kappa shape index (κ2) is 3.99. The Hall–Kier alpha value is -3.01. The normalized spacial score (nSPS) is 11.4. The van der Waals surface area contributed by atoms with Crippen LogP contribution in [0.1, 0.15) is 10.4 Å². The van der Waals surface area contributed by atoms with Gasteiger partial charge in [0.25, 0.3) is 0 Å². The van der Waals surface area contributed by atoms with E-state index in [4.69, 9.17) is 0 Å². The molecule has 4 aromatic rings. The average Bonchev–Trinajstić information content (AvgIpc) is 2.87. The number of aromatic amines is 1. The number of nitrogens with one attached hydrogen (secondary N) is 1. The first-order chi connectivity index (χ1) is 10.2. The smallest absolute Gasteiger partial charge is 0.340 e. The van der Waals surface area contributed by atoms with Gasteiger partial charge in [-0.2, -0.15) is 0 Å². The lowest BCUT2D eigenvalue weighted by Crippen LogP contribution is -1.99. The van der Waals surface area contributed by atoms with Gasteiger partial charge in [-0.1, -0.05) is 42.5 Å².